The van der Waals surface area contributed by atoms with E-state index in [0.717, 1.165) is 0 Å². The topological polar surface area (TPSA) is 64.9 Å². The van der Waals surface area contributed by atoms with E-state index in [4.69, 9.17) is 40.1 Å². The average Bonchev–Trinajstić information content (AvgIpc) is 2.54. The number of anilines is 2. The van der Waals surface area contributed by atoms with Crippen LogP contribution in [0, 0.1) is 11.3 Å². The predicted molar refractivity (Wildman–Crippen MR) is 93.9 cm³/mol. The van der Waals surface area contributed by atoms with E-state index in [9.17, 15) is 4.79 Å². The van der Waals surface area contributed by atoms with E-state index < -0.39 is 5.91 Å². The number of nitrogens with zero attached hydrogens (tertiary/aromatic N) is 1. The molecule has 0 radical (unpaired) electrons. The molecule has 4 nitrogen and oxygen atoms in total. The molecule has 0 fully saturated rings. The van der Waals surface area contributed by atoms with E-state index >= 15 is 0 Å². The molecule has 116 valence electrons. The second kappa shape index (κ2) is 7.89. The summed E-state index contributed by atoms with van der Waals surface area (Å²) in [6.07, 6.45) is 1.25. The Kier molecular flexibility index (Phi) is 5.89. The Morgan fingerprint density at radius 3 is 2.35 bits per heavy atom. The molecule has 23 heavy (non-hydrogen) atoms. The Hall–Kier alpha value is -2.19. The van der Waals surface area contributed by atoms with Gasteiger partial charge in [-0.3, -0.25) is 4.79 Å². The van der Waals surface area contributed by atoms with Crippen molar-refractivity contribution in [3.63, 3.8) is 0 Å². The minimum atomic E-state index is -0.591. The van der Waals surface area contributed by atoms with Crippen molar-refractivity contribution in [3.8, 4) is 6.07 Å². The lowest BCUT2D eigenvalue weighted by molar-refractivity contribution is -0.112. The fourth-order valence-corrected chi connectivity index (χ4v) is 2.20. The molecule has 0 aliphatic rings. The maximum atomic E-state index is 12.1. The van der Waals surface area contributed by atoms with Gasteiger partial charge in [0.05, 0.1) is 26.4 Å². The molecular formula is C16H10Cl3N3O. The van der Waals surface area contributed by atoms with Crippen molar-refractivity contribution < 1.29 is 4.79 Å². The van der Waals surface area contributed by atoms with Crippen molar-refractivity contribution in [1.29, 1.82) is 5.26 Å². The third-order valence-corrected chi connectivity index (χ3v) is 3.96. The Morgan fingerprint density at radius 2 is 1.65 bits per heavy atom. The molecular weight excluding hydrogens is 357 g/mol. The molecule has 1 amide bonds. The van der Waals surface area contributed by atoms with Crippen LogP contribution in [0.4, 0.5) is 11.4 Å². The second-order valence-corrected chi connectivity index (χ2v) is 5.54. The first-order chi connectivity index (χ1) is 11.0. The Bertz CT molecular complexity index is 812. The van der Waals surface area contributed by atoms with Crippen LogP contribution in [-0.2, 0) is 4.79 Å². The van der Waals surface area contributed by atoms with Gasteiger partial charge in [0.25, 0.3) is 5.91 Å². The first-order valence-electron chi connectivity index (χ1n) is 6.39. The number of amides is 1. The highest BCUT2D eigenvalue weighted by Crippen LogP contribution is 2.29. The second-order valence-electron chi connectivity index (χ2n) is 4.35. The Labute approximate surface area is 148 Å². The van der Waals surface area contributed by atoms with Gasteiger partial charge in [-0.05, 0) is 24.3 Å². The molecule has 0 atom stereocenters. The van der Waals surface area contributed by atoms with Crippen LogP contribution in [-0.4, -0.2) is 5.91 Å². The summed E-state index contributed by atoms with van der Waals surface area (Å²) in [7, 11) is 0. The molecule has 0 saturated carbocycles. The predicted octanol–water partition coefficient (Wildman–Crippen LogP) is 5.10. The zero-order valence-corrected chi connectivity index (χ0v) is 13.9. The van der Waals surface area contributed by atoms with Gasteiger partial charge in [0.1, 0.15) is 11.6 Å². The summed E-state index contributed by atoms with van der Waals surface area (Å²) >= 11 is 17.9. The Morgan fingerprint density at radius 1 is 1.00 bits per heavy atom. The molecule has 2 aromatic rings. The zero-order valence-electron chi connectivity index (χ0n) is 11.6. The molecule has 0 saturated heterocycles. The third-order valence-electron chi connectivity index (χ3n) is 2.81. The largest absolute Gasteiger partial charge is 0.359 e. The van der Waals surface area contributed by atoms with Crippen molar-refractivity contribution in [3.05, 3.63) is 69.3 Å². The summed E-state index contributed by atoms with van der Waals surface area (Å²) in [6, 6.07) is 13.5. The molecule has 7 heteroatoms. The summed E-state index contributed by atoms with van der Waals surface area (Å²) in [5.41, 5.74) is 0.763. The highest BCUT2D eigenvalue weighted by Gasteiger charge is 2.11. The highest BCUT2D eigenvalue weighted by atomic mass is 35.5. The van der Waals surface area contributed by atoms with E-state index in [1.807, 2.05) is 6.07 Å². The lowest BCUT2D eigenvalue weighted by Crippen LogP contribution is -2.14. The van der Waals surface area contributed by atoms with Crippen LogP contribution in [0.15, 0.2) is 54.2 Å². The van der Waals surface area contributed by atoms with E-state index in [1.54, 1.807) is 42.5 Å². The molecule has 2 rings (SSSR count). The zero-order chi connectivity index (χ0) is 16.8. The van der Waals surface area contributed by atoms with Crippen LogP contribution in [0.2, 0.25) is 15.1 Å². The van der Waals surface area contributed by atoms with Gasteiger partial charge in [-0.1, -0.05) is 53.0 Å². The molecule has 0 spiro atoms. The number of hydrogen-bond donors (Lipinski definition) is 2. The smallest absolute Gasteiger partial charge is 0.267 e. The molecule has 0 bridgehead atoms. The average molecular weight is 367 g/mol. The number of benzene rings is 2. The van der Waals surface area contributed by atoms with Gasteiger partial charge in [-0.2, -0.15) is 5.26 Å². The number of hydrogen-bond acceptors (Lipinski definition) is 3. The van der Waals surface area contributed by atoms with E-state index in [0.29, 0.717) is 26.4 Å². The maximum Gasteiger partial charge on any atom is 0.267 e. The highest BCUT2D eigenvalue weighted by molar-refractivity contribution is 6.43. The van der Waals surface area contributed by atoms with Gasteiger partial charge in [0, 0.05) is 6.20 Å². The standard InChI is InChI=1S/C16H10Cl3N3O/c17-11-4-1-2-6-13(11)22-16(23)10(8-20)9-21-14-7-3-5-12(18)15(14)19/h1-7,9,21H,(H,22,23)/b10-9-. The number of nitriles is 1. The van der Waals surface area contributed by atoms with Crippen LogP contribution in [0.25, 0.3) is 0 Å². The maximum absolute atomic E-state index is 12.1. The molecule has 0 aliphatic heterocycles. The minimum absolute atomic E-state index is 0.138. The van der Waals surface area contributed by atoms with E-state index in [-0.39, 0.29) is 5.57 Å². The number of carbonyl (C=O) groups is 1. The monoisotopic (exact) mass is 365 g/mol. The fraction of sp³-hybridized carbons (Fsp3) is 0. The molecule has 0 unspecified atom stereocenters. The SMILES string of the molecule is N#C/C(=C/Nc1cccc(Cl)c1Cl)C(=O)Nc1ccccc1Cl. The fourth-order valence-electron chi connectivity index (χ4n) is 1.67. The van der Waals surface area contributed by atoms with E-state index in [1.165, 1.54) is 6.20 Å². The number of para-hydroxylation sites is 1. The normalized spacial score (nSPS) is 10.8. The minimum Gasteiger partial charge on any atom is -0.359 e. The van der Waals surface area contributed by atoms with Crippen LogP contribution in [0.5, 0.6) is 0 Å². The summed E-state index contributed by atoms with van der Waals surface area (Å²) in [5, 5.41) is 15.5. The molecule has 2 N–H and O–H groups in total. The van der Waals surface area contributed by atoms with Crippen molar-refractivity contribution >= 4 is 52.1 Å². The lowest BCUT2D eigenvalue weighted by Gasteiger charge is -2.08. The molecule has 0 aliphatic carbocycles. The van der Waals surface area contributed by atoms with Gasteiger partial charge < -0.3 is 10.6 Å². The van der Waals surface area contributed by atoms with Crippen LogP contribution in [0.1, 0.15) is 0 Å². The van der Waals surface area contributed by atoms with Gasteiger partial charge >= 0.3 is 0 Å². The summed E-state index contributed by atoms with van der Waals surface area (Å²) < 4.78 is 0. The lowest BCUT2D eigenvalue weighted by atomic mass is 10.2. The summed E-state index contributed by atoms with van der Waals surface area (Å²) in [6.45, 7) is 0. The van der Waals surface area contributed by atoms with Gasteiger partial charge in [0.2, 0.25) is 0 Å². The number of nitrogens with one attached hydrogen (secondary N) is 2. The molecule has 0 aromatic heterocycles. The van der Waals surface area contributed by atoms with Crippen molar-refractivity contribution in [2.24, 2.45) is 0 Å². The first-order valence-corrected chi connectivity index (χ1v) is 7.53. The first kappa shape index (κ1) is 17.2. The van der Waals surface area contributed by atoms with Crippen LogP contribution >= 0.6 is 34.8 Å². The molecule has 0 heterocycles. The molecule has 2 aromatic carbocycles. The summed E-state index contributed by atoms with van der Waals surface area (Å²) in [5.74, 6) is -0.591. The van der Waals surface area contributed by atoms with Crippen molar-refractivity contribution in [1.82, 2.24) is 0 Å². The summed E-state index contributed by atoms with van der Waals surface area (Å²) in [4.78, 5) is 12.1. The Balaban J connectivity index is 2.16. The number of halogens is 3. The van der Waals surface area contributed by atoms with E-state index in [2.05, 4.69) is 10.6 Å². The number of rotatable bonds is 4. The quantitative estimate of drug-likeness (QED) is 0.584. The van der Waals surface area contributed by atoms with Gasteiger partial charge in [0.15, 0.2) is 0 Å². The van der Waals surface area contributed by atoms with Crippen molar-refractivity contribution in [2.75, 3.05) is 10.6 Å². The van der Waals surface area contributed by atoms with Crippen LogP contribution < -0.4 is 10.6 Å². The third kappa shape index (κ3) is 4.40. The van der Waals surface area contributed by atoms with Gasteiger partial charge in [-0.15, -0.1) is 0 Å². The van der Waals surface area contributed by atoms with Gasteiger partial charge in [-0.25, -0.2) is 0 Å². The van der Waals surface area contributed by atoms with Crippen LogP contribution in [0.3, 0.4) is 0 Å². The number of carbonyl (C=O) groups excluding carboxylic acids is 1. The van der Waals surface area contributed by atoms with Crippen molar-refractivity contribution in [2.45, 2.75) is 0 Å².